The summed E-state index contributed by atoms with van der Waals surface area (Å²) in [4.78, 5) is 54.7. The number of nitrogens with one attached hydrogen (secondary N) is 1. The minimum Gasteiger partial charge on any atom is -0.466 e. The van der Waals surface area contributed by atoms with E-state index < -0.39 is 39.7 Å². The van der Waals surface area contributed by atoms with Gasteiger partial charge in [0.15, 0.2) is 4.75 Å². The summed E-state index contributed by atoms with van der Waals surface area (Å²) < 4.78 is 13.1. The van der Waals surface area contributed by atoms with Gasteiger partial charge in [-0.2, -0.15) is 0 Å². The Bertz CT molecular complexity index is 1170. The highest BCUT2D eigenvalue weighted by Crippen LogP contribution is 2.55. The third-order valence-corrected chi connectivity index (χ3v) is 7.07. The number of esters is 3. The topological polar surface area (TPSA) is 111 Å². The number of thiocarbonyl (C=S) groups is 1. The first kappa shape index (κ1) is 26.4. The Kier molecular flexibility index (Phi) is 7.42. The molecule has 0 bridgehead atoms. The molecule has 1 amide bonds. The lowest BCUT2D eigenvalue weighted by atomic mass is 9.93. The Morgan fingerprint density at radius 2 is 1.51 bits per heavy atom. The number of nitrogens with zero attached hydrogens (tertiary/aromatic N) is 1. The molecule has 1 fully saturated rings. The van der Waals surface area contributed by atoms with Crippen LogP contribution in [0.2, 0.25) is 0 Å². The van der Waals surface area contributed by atoms with E-state index in [0.717, 1.165) is 38.7 Å². The van der Waals surface area contributed by atoms with E-state index in [9.17, 15) is 19.2 Å². The molecule has 1 aliphatic heterocycles. The van der Waals surface area contributed by atoms with E-state index in [0.29, 0.717) is 0 Å². The summed E-state index contributed by atoms with van der Waals surface area (Å²) in [7, 11) is 3.36. The largest absolute Gasteiger partial charge is 0.466 e. The van der Waals surface area contributed by atoms with E-state index in [1.165, 1.54) is 4.90 Å². The number of amides is 1. The predicted octanol–water partition coefficient (Wildman–Crippen LogP) is 2.26. The van der Waals surface area contributed by atoms with Gasteiger partial charge in [0.2, 0.25) is 0 Å². The van der Waals surface area contributed by atoms with Crippen molar-refractivity contribution in [2.45, 2.75) is 37.6 Å². The van der Waals surface area contributed by atoms with Crippen molar-refractivity contribution in [3.05, 3.63) is 58.3 Å². The molecule has 1 aromatic carbocycles. The fourth-order valence-corrected chi connectivity index (χ4v) is 5.72. The Labute approximate surface area is 212 Å². The lowest BCUT2D eigenvalue weighted by Crippen LogP contribution is -2.50. The van der Waals surface area contributed by atoms with Crippen molar-refractivity contribution >= 4 is 52.1 Å². The molecule has 0 radical (unpaired) electrons. The second-order valence-corrected chi connectivity index (χ2v) is 10.6. The second kappa shape index (κ2) is 9.82. The monoisotopic (exact) mass is 518 g/mol. The number of benzene rings is 1. The average Bonchev–Trinajstić information content (AvgIpc) is 3.23. The van der Waals surface area contributed by atoms with Crippen LogP contribution in [0.3, 0.4) is 0 Å². The molecule has 2 aliphatic rings. The molecule has 0 aromatic heterocycles. The molecular weight excluding hydrogens is 492 g/mol. The summed E-state index contributed by atoms with van der Waals surface area (Å²) in [5.41, 5.74) is -0.886. The summed E-state index contributed by atoms with van der Waals surface area (Å²) in [5, 5.41) is 3.16. The molecule has 35 heavy (non-hydrogen) atoms. The first-order valence-electron chi connectivity index (χ1n) is 10.5. The summed E-state index contributed by atoms with van der Waals surface area (Å²) >= 11 is 6.46. The Morgan fingerprint density at radius 3 is 2.03 bits per heavy atom. The van der Waals surface area contributed by atoms with Crippen LogP contribution in [0.4, 0.5) is 0 Å². The number of hydrogen-bond acceptors (Lipinski definition) is 10. The van der Waals surface area contributed by atoms with E-state index >= 15 is 0 Å². The molecule has 1 atom stereocenters. The van der Waals surface area contributed by atoms with Crippen LogP contribution in [0, 0.1) is 0 Å². The molecule has 11 heteroatoms. The maximum Gasteiger partial charge on any atom is 0.340 e. The zero-order valence-electron chi connectivity index (χ0n) is 20.2. The number of carbonyl (C=O) groups excluding carboxylic acids is 4. The van der Waals surface area contributed by atoms with Crippen molar-refractivity contribution in [1.82, 2.24) is 10.2 Å². The highest BCUT2D eigenvalue weighted by molar-refractivity contribution is 8.25. The number of hydrogen-bond donors (Lipinski definition) is 1. The van der Waals surface area contributed by atoms with Gasteiger partial charge in [-0.05, 0) is 26.3 Å². The van der Waals surface area contributed by atoms with Gasteiger partial charge in [0.1, 0.15) is 4.32 Å². The summed E-state index contributed by atoms with van der Waals surface area (Å²) in [6.45, 7) is 5.55. The van der Waals surface area contributed by atoms with Gasteiger partial charge in [-0.25, -0.2) is 14.4 Å². The molecule has 1 heterocycles. The zero-order valence-corrected chi connectivity index (χ0v) is 21.8. The van der Waals surface area contributed by atoms with Crippen molar-refractivity contribution in [3.63, 3.8) is 0 Å². The molecule has 9 nitrogen and oxygen atoms in total. The zero-order chi connectivity index (χ0) is 26.1. The molecule has 1 N–H and O–H groups in total. The maximum absolute atomic E-state index is 14.2. The summed E-state index contributed by atoms with van der Waals surface area (Å²) in [6.07, 6.45) is 0. The lowest BCUT2D eigenvalue weighted by molar-refractivity contribution is -0.141. The van der Waals surface area contributed by atoms with Crippen LogP contribution in [-0.4, -0.2) is 64.7 Å². The van der Waals surface area contributed by atoms with E-state index in [4.69, 9.17) is 26.4 Å². The average molecular weight is 519 g/mol. The van der Waals surface area contributed by atoms with E-state index in [-0.39, 0.29) is 27.7 Å². The van der Waals surface area contributed by atoms with Gasteiger partial charge in [0.25, 0.3) is 5.91 Å². The highest BCUT2D eigenvalue weighted by atomic mass is 32.2. The van der Waals surface area contributed by atoms with E-state index in [1.54, 1.807) is 20.8 Å². The molecule has 1 aliphatic carbocycles. The highest BCUT2D eigenvalue weighted by Gasteiger charge is 2.65. The minimum absolute atomic E-state index is 0.0190. The normalized spacial score (nSPS) is 20.0. The smallest absolute Gasteiger partial charge is 0.340 e. The van der Waals surface area contributed by atoms with Gasteiger partial charge >= 0.3 is 17.9 Å². The van der Waals surface area contributed by atoms with Crippen LogP contribution in [0.25, 0.3) is 0 Å². The molecule has 0 saturated carbocycles. The number of methoxy groups -OCH3 is 3. The molecule has 3 rings (SSSR count). The van der Waals surface area contributed by atoms with Crippen LogP contribution in [0.15, 0.2) is 52.7 Å². The van der Waals surface area contributed by atoms with Crippen LogP contribution in [-0.2, 0) is 39.9 Å². The summed E-state index contributed by atoms with van der Waals surface area (Å²) in [5.74, 6) is -3.47. The number of carbonyl (C=O) groups is 4. The molecule has 1 saturated heterocycles. The third-order valence-electron chi connectivity index (χ3n) is 5.31. The van der Waals surface area contributed by atoms with Crippen molar-refractivity contribution in [2.75, 3.05) is 21.3 Å². The number of thioether (sulfide) groups is 1. The van der Waals surface area contributed by atoms with E-state index in [2.05, 4.69) is 5.32 Å². The van der Waals surface area contributed by atoms with Crippen molar-refractivity contribution < 1.29 is 33.4 Å². The number of rotatable bonds is 6. The fourth-order valence-electron chi connectivity index (χ4n) is 3.93. The predicted molar refractivity (Wildman–Crippen MR) is 133 cm³/mol. The Balaban J connectivity index is 2.35. The van der Waals surface area contributed by atoms with E-state index in [1.807, 2.05) is 30.3 Å². The van der Waals surface area contributed by atoms with Gasteiger partial charge in [-0.3, -0.25) is 9.69 Å². The van der Waals surface area contributed by atoms with Crippen LogP contribution >= 0.6 is 24.0 Å². The quantitative estimate of drug-likeness (QED) is 0.342. The van der Waals surface area contributed by atoms with Crippen molar-refractivity contribution in [1.29, 1.82) is 0 Å². The van der Waals surface area contributed by atoms with Gasteiger partial charge in [0, 0.05) is 5.54 Å². The van der Waals surface area contributed by atoms with Gasteiger partial charge in [-0.1, -0.05) is 54.3 Å². The first-order valence-corrected chi connectivity index (χ1v) is 11.8. The number of ether oxygens (including phenoxy) is 3. The molecule has 1 aromatic rings. The molecule has 1 unspecified atom stereocenters. The summed E-state index contributed by atoms with van der Waals surface area (Å²) in [6, 6.07) is 9.17. The minimum atomic E-state index is -1.88. The SMILES string of the molecule is COC(=O)C1=C(NC(C)(C)C)C2(SC(=S)N(Cc3ccccc3)C2=O)C(C(=O)OC)=C1C(=O)OC. The first-order chi connectivity index (χ1) is 16.4. The standard InChI is InChI=1S/C24H26N2O7S2/c1-23(2,3)25-17-15(19(28)32-5)14(18(27)31-4)16(20(29)33-6)24(17)21(30)26(22(34)35-24)12-13-10-8-7-9-11-13/h7-11,25H,12H2,1-6H3. The van der Waals surface area contributed by atoms with Gasteiger partial charge < -0.3 is 19.5 Å². The third kappa shape index (κ3) is 4.57. The molecule has 1 spiro atoms. The molecule has 186 valence electrons. The fraction of sp³-hybridized carbons (Fsp3) is 0.375. The Hall–Kier alpha value is -3.18. The Morgan fingerprint density at radius 1 is 0.971 bits per heavy atom. The second-order valence-electron chi connectivity index (χ2n) is 8.78. The van der Waals surface area contributed by atoms with Gasteiger partial charge in [0.05, 0.1) is 50.3 Å². The van der Waals surface area contributed by atoms with Crippen LogP contribution in [0.5, 0.6) is 0 Å². The molecular formula is C24H26N2O7S2. The van der Waals surface area contributed by atoms with Crippen LogP contribution < -0.4 is 5.32 Å². The van der Waals surface area contributed by atoms with Crippen molar-refractivity contribution in [2.24, 2.45) is 0 Å². The van der Waals surface area contributed by atoms with Crippen molar-refractivity contribution in [3.8, 4) is 0 Å². The maximum atomic E-state index is 14.2. The van der Waals surface area contributed by atoms with Crippen LogP contribution in [0.1, 0.15) is 26.3 Å². The lowest BCUT2D eigenvalue weighted by Gasteiger charge is -2.33. The van der Waals surface area contributed by atoms with Gasteiger partial charge in [-0.15, -0.1) is 0 Å².